The Morgan fingerprint density at radius 3 is 2.43 bits per heavy atom. The van der Waals surface area contributed by atoms with Gasteiger partial charge >= 0.3 is 0 Å². The van der Waals surface area contributed by atoms with Crippen LogP contribution < -0.4 is 14.5 Å². The van der Waals surface area contributed by atoms with Crippen LogP contribution in [0.15, 0.2) is 48.7 Å². The second-order valence-electron chi connectivity index (χ2n) is 9.11. The molecule has 0 amide bonds. The number of ether oxygens (including phenoxy) is 1. The molecular formula is C25H26NOSi+. The number of pyridine rings is 1. The van der Waals surface area contributed by atoms with E-state index in [-0.39, 0.29) is 0 Å². The molecule has 0 saturated carbocycles. The third-order valence-electron chi connectivity index (χ3n) is 6.15. The molecule has 28 heavy (non-hydrogen) atoms. The summed E-state index contributed by atoms with van der Waals surface area (Å²) in [6, 6.07) is 15.7. The SMILES string of the molecule is Cc1cccc2c(C)c3c(cc12)Oc1cc([Si](C)(C)C)cc2cc[n+](C)c-3c12. The summed E-state index contributed by atoms with van der Waals surface area (Å²) in [6.45, 7) is 11.6. The van der Waals surface area contributed by atoms with Gasteiger partial charge in [0.05, 0.1) is 19.0 Å². The van der Waals surface area contributed by atoms with Crippen molar-refractivity contribution in [3.63, 3.8) is 0 Å². The van der Waals surface area contributed by atoms with Crippen molar-refractivity contribution in [1.29, 1.82) is 0 Å². The Balaban J connectivity index is 1.94. The molecule has 3 aromatic carbocycles. The number of hydrogen-bond acceptors (Lipinski definition) is 1. The van der Waals surface area contributed by atoms with E-state index in [9.17, 15) is 0 Å². The highest BCUT2D eigenvalue weighted by Gasteiger charge is 2.31. The maximum Gasteiger partial charge on any atom is 0.228 e. The zero-order valence-corrected chi connectivity index (χ0v) is 18.5. The lowest BCUT2D eigenvalue weighted by atomic mass is 9.91. The molecule has 0 saturated heterocycles. The lowest BCUT2D eigenvalue weighted by Crippen LogP contribution is -2.38. The highest BCUT2D eigenvalue weighted by molar-refractivity contribution is 6.88. The van der Waals surface area contributed by atoms with Gasteiger partial charge in [0.2, 0.25) is 5.69 Å². The summed E-state index contributed by atoms with van der Waals surface area (Å²) in [5.41, 5.74) is 5.06. The van der Waals surface area contributed by atoms with Crippen LogP contribution in [0.2, 0.25) is 19.6 Å². The Bertz CT molecular complexity index is 1300. The first-order valence-corrected chi connectivity index (χ1v) is 13.4. The standard InChI is InChI=1S/C25H26NOSi/c1-15-8-7-9-19-16(2)23-22(14-20(15)19)27-21-13-18(28(4,5)6)12-17-10-11-26(3)25(23)24(17)21/h7-14H,1-6H3/q+1. The van der Waals surface area contributed by atoms with E-state index in [1.807, 2.05) is 0 Å². The summed E-state index contributed by atoms with van der Waals surface area (Å²) in [4.78, 5) is 0. The van der Waals surface area contributed by atoms with Crippen LogP contribution in [0, 0.1) is 13.8 Å². The van der Waals surface area contributed by atoms with Gasteiger partial charge in [0, 0.05) is 6.07 Å². The highest BCUT2D eigenvalue weighted by atomic mass is 28.3. The first kappa shape index (κ1) is 17.4. The Morgan fingerprint density at radius 2 is 1.68 bits per heavy atom. The molecule has 140 valence electrons. The number of aryl methyl sites for hydroxylation is 3. The summed E-state index contributed by atoms with van der Waals surface area (Å²) < 4.78 is 8.84. The van der Waals surface area contributed by atoms with E-state index in [0.29, 0.717) is 0 Å². The molecule has 0 bridgehead atoms. The minimum atomic E-state index is -1.45. The van der Waals surface area contributed by atoms with Gasteiger partial charge in [-0.15, -0.1) is 0 Å². The number of hydrogen-bond donors (Lipinski definition) is 0. The first-order valence-electron chi connectivity index (χ1n) is 9.94. The maximum absolute atomic E-state index is 6.59. The smallest absolute Gasteiger partial charge is 0.228 e. The topological polar surface area (TPSA) is 13.1 Å². The second kappa shape index (κ2) is 5.68. The molecular weight excluding hydrogens is 358 g/mol. The molecule has 0 aliphatic carbocycles. The number of nitrogens with zero attached hydrogens (tertiary/aromatic N) is 1. The van der Waals surface area contributed by atoms with Crippen LogP contribution in [0.25, 0.3) is 32.8 Å². The van der Waals surface area contributed by atoms with Gasteiger partial charge in [0.1, 0.15) is 18.5 Å². The molecule has 4 aromatic rings. The van der Waals surface area contributed by atoms with Crippen molar-refractivity contribution in [2.24, 2.45) is 7.05 Å². The van der Waals surface area contributed by atoms with Crippen molar-refractivity contribution in [2.75, 3.05) is 0 Å². The Kier molecular flexibility index (Phi) is 3.54. The quantitative estimate of drug-likeness (QED) is 0.265. The lowest BCUT2D eigenvalue weighted by molar-refractivity contribution is -0.659. The van der Waals surface area contributed by atoms with Gasteiger partial charge in [0.25, 0.3) is 0 Å². The fourth-order valence-electron chi connectivity index (χ4n) is 4.49. The van der Waals surface area contributed by atoms with Gasteiger partial charge in [-0.25, -0.2) is 4.57 Å². The number of benzene rings is 3. The highest BCUT2D eigenvalue weighted by Crippen LogP contribution is 2.48. The van der Waals surface area contributed by atoms with E-state index in [2.05, 4.69) is 93.8 Å². The summed E-state index contributed by atoms with van der Waals surface area (Å²) in [5, 5.41) is 6.53. The number of rotatable bonds is 1. The molecule has 0 N–H and O–H groups in total. The third-order valence-corrected chi connectivity index (χ3v) is 8.17. The van der Waals surface area contributed by atoms with Crippen molar-refractivity contribution in [1.82, 2.24) is 0 Å². The zero-order chi connectivity index (χ0) is 19.8. The minimum absolute atomic E-state index is 0.975. The van der Waals surface area contributed by atoms with E-state index in [1.165, 1.54) is 49.1 Å². The molecule has 0 fully saturated rings. The van der Waals surface area contributed by atoms with Gasteiger partial charge in [-0.3, -0.25) is 0 Å². The van der Waals surface area contributed by atoms with E-state index in [1.54, 1.807) is 0 Å². The summed E-state index contributed by atoms with van der Waals surface area (Å²) in [7, 11) is 0.692. The molecule has 2 heterocycles. The maximum atomic E-state index is 6.59. The summed E-state index contributed by atoms with van der Waals surface area (Å²) >= 11 is 0. The second-order valence-corrected chi connectivity index (χ2v) is 14.2. The largest absolute Gasteiger partial charge is 0.456 e. The molecule has 3 heteroatoms. The molecule has 5 rings (SSSR count). The van der Waals surface area contributed by atoms with Crippen LogP contribution in [0.1, 0.15) is 11.1 Å². The molecule has 0 unspecified atom stereocenters. The van der Waals surface area contributed by atoms with Crippen LogP contribution in [-0.4, -0.2) is 8.07 Å². The lowest BCUT2D eigenvalue weighted by Gasteiger charge is -2.25. The minimum Gasteiger partial charge on any atom is -0.456 e. The molecule has 0 radical (unpaired) electrons. The number of aromatic nitrogens is 1. The van der Waals surface area contributed by atoms with E-state index in [0.717, 1.165) is 11.5 Å². The summed E-state index contributed by atoms with van der Waals surface area (Å²) in [5.74, 6) is 1.98. The van der Waals surface area contributed by atoms with Crippen molar-refractivity contribution in [3.05, 3.63) is 59.8 Å². The fraction of sp³-hybridized carbons (Fsp3) is 0.240. The van der Waals surface area contributed by atoms with E-state index >= 15 is 0 Å². The first-order chi connectivity index (χ1) is 13.3. The van der Waals surface area contributed by atoms with Crippen molar-refractivity contribution in [3.8, 4) is 22.8 Å². The normalized spacial score (nSPS) is 12.9. The van der Waals surface area contributed by atoms with Crippen LogP contribution in [0.5, 0.6) is 11.5 Å². The monoisotopic (exact) mass is 384 g/mol. The fourth-order valence-corrected chi connectivity index (χ4v) is 5.65. The Labute approximate surface area is 167 Å². The van der Waals surface area contributed by atoms with Crippen molar-refractivity contribution >= 4 is 34.8 Å². The van der Waals surface area contributed by atoms with Crippen LogP contribution in [0.3, 0.4) is 0 Å². The van der Waals surface area contributed by atoms with Gasteiger partial charge in [-0.2, -0.15) is 0 Å². The van der Waals surface area contributed by atoms with Crippen LogP contribution in [0.4, 0.5) is 0 Å². The van der Waals surface area contributed by atoms with Gasteiger partial charge < -0.3 is 4.74 Å². The Morgan fingerprint density at radius 1 is 0.893 bits per heavy atom. The summed E-state index contributed by atoms with van der Waals surface area (Å²) in [6.07, 6.45) is 2.18. The predicted molar refractivity (Wildman–Crippen MR) is 121 cm³/mol. The molecule has 1 aliphatic heterocycles. The third kappa shape index (κ3) is 2.36. The van der Waals surface area contributed by atoms with Gasteiger partial charge in [0.15, 0.2) is 6.20 Å². The van der Waals surface area contributed by atoms with Crippen LogP contribution >= 0.6 is 0 Å². The van der Waals surface area contributed by atoms with Gasteiger partial charge in [-0.1, -0.05) is 49.1 Å². The average Bonchev–Trinajstić information content (AvgIpc) is 2.64. The van der Waals surface area contributed by atoms with E-state index in [4.69, 9.17) is 4.74 Å². The molecule has 1 aliphatic rings. The molecule has 0 atom stereocenters. The van der Waals surface area contributed by atoms with E-state index < -0.39 is 8.07 Å². The predicted octanol–water partition coefficient (Wildman–Crippen LogP) is 5.75. The molecule has 1 aromatic heterocycles. The van der Waals surface area contributed by atoms with Crippen molar-refractivity contribution < 1.29 is 9.30 Å². The number of fused-ring (bicyclic) bond motifs is 3. The average molecular weight is 385 g/mol. The van der Waals surface area contributed by atoms with Crippen LogP contribution in [-0.2, 0) is 7.05 Å². The molecule has 2 nitrogen and oxygen atoms in total. The van der Waals surface area contributed by atoms with Crippen molar-refractivity contribution in [2.45, 2.75) is 33.5 Å². The zero-order valence-electron chi connectivity index (χ0n) is 17.5. The Hall–Kier alpha value is -2.65. The molecule has 0 spiro atoms. The van der Waals surface area contributed by atoms with Gasteiger partial charge in [-0.05, 0) is 53.3 Å².